The minimum Gasteiger partial charge on any atom is -0.352 e. The number of amides is 1. The van der Waals surface area contributed by atoms with Gasteiger partial charge in [0.1, 0.15) is 11.6 Å². The molecule has 0 spiro atoms. The lowest BCUT2D eigenvalue weighted by Gasteiger charge is -2.12. The lowest BCUT2D eigenvalue weighted by molar-refractivity contribution is 0.0953. The maximum Gasteiger partial charge on any atom is 0.252 e. The fourth-order valence-electron chi connectivity index (χ4n) is 2.42. The van der Waals surface area contributed by atoms with Crippen molar-refractivity contribution in [1.29, 1.82) is 0 Å². The number of carbonyl (C=O) groups is 1. The number of aromatic nitrogens is 3. The summed E-state index contributed by atoms with van der Waals surface area (Å²) >= 11 is 7.47. The van der Waals surface area contributed by atoms with Crippen molar-refractivity contribution in [2.75, 3.05) is 12.8 Å². The highest BCUT2D eigenvalue weighted by Crippen LogP contribution is 2.18. The molecule has 1 amide bonds. The van der Waals surface area contributed by atoms with Crippen molar-refractivity contribution >= 4 is 29.3 Å². The van der Waals surface area contributed by atoms with Crippen LogP contribution in [-0.2, 0) is 13.0 Å². The van der Waals surface area contributed by atoms with Crippen molar-refractivity contribution in [3.05, 3.63) is 40.4 Å². The van der Waals surface area contributed by atoms with Gasteiger partial charge in [0.15, 0.2) is 5.16 Å². The number of benzene rings is 1. The first kappa shape index (κ1) is 19.7. The second-order valence-corrected chi connectivity index (χ2v) is 7.27. The van der Waals surface area contributed by atoms with E-state index < -0.39 is 5.82 Å². The monoisotopic (exact) mass is 384 g/mol. The highest BCUT2D eigenvalue weighted by molar-refractivity contribution is 7.98. The topological polar surface area (TPSA) is 59.8 Å². The maximum absolute atomic E-state index is 13.0. The van der Waals surface area contributed by atoms with Gasteiger partial charge in [-0.15, -0.1) is 10.2 Å². The highest BCUT2D eigenvalue weighted by atomic mass is 35.5. The normalized spacial score (nSPS) is 11.1. The first-order valence-corrected chi connectivity index (χ1v) is 9.72. The van der Waals surface area contributed by atoms with Gasteiger partial charge in [0.05, 0.1) is 10.6 Å². The predicted octanol–water partition coefficient (Wildman–Crippen LogP) is 3.81. The molecule has 1 aromatic heterocycles. The van der Waals surface area contributed by atoms with E-state index in [0.29, 0.717) is 12.5 Å². The Morgan fingerprint density at radius 2 is 2.16 bits per heavy atom. The number of nitrogens with one attached hydrogen (secondary N) is 1. The summed E-state index contributed by atoms with van der Waals surface area (Å²) in [4.78, 5) is 12.1. The standard InChI is InChI=1S/C17H22ClFN4OS/c1-11(2)10-23-15(21-22-17(23)25-3)5-4-8-20-16(24)13-7-6-12(19)9-14(13)18/h6-7,9,11H,4-5,8,10H2,1-3H3,(H,20,24). The molecule has 1 aromatic carbocycles. The number of carbonyl (C=O) groups excluding carboxylic acids is 1. The number of rotatable bonds is 8. The van der Waals surface area contributed by atoms with E-state index in [2.05, 4.69) is 33.9 Å². The Bertz CT molecular complexity index is 735. The van der Waals surface area contributed by atoms with Gasteiger partial charge in [-0.05, 0) is 36.8 Å². The van der Waals surface area contributed by atoms with Crippen LogP contribution in [0.1, 0.15) is 36.5 Å². The van der Waals surface area contributed by atoms with Crippen LogP contribution in [0.25, 0.3) is 0 Å². The lowest BCUT2D eigenvalue weighted by Crippen LogP contribution is -2.25. The van der Waals surface area contributed by atoms with E-state index in [1.165, 1.54) is 12.1 Å². The van der Waals surface area contributed by atoms with Gasteiger partial charge in [0, 0.05) is 19.5 Å². The number of hydrogen-bond acceptors (Lipinski definition) is 4. The summed E-state index contributed by atoms with van der Waals surface area (Å²) in [6, 6.07) is 3.74. The average Bonchev–Trinajstić information content (AvgIpc) is 2.92. The maximum atomic E-state index is 13.0. The van der Waals surface area contributed by atoms with Crippen molar-refractivity contribution in [2.45, 2.75) is 38.4 Å². The van der Waals surface area contributed by atoms with Crippen LogP contribution in [0.2, 0.25) is 5.02 Å². The molecule has 1 N–H and O–H groups in total. The Hall–Kier alpha value is -1.60. The number of aryl methyl sites for hydroxylation is 1. The zero-order valence-corrected chi connectivity index (χ0v) is 16.1. The SMILES string of the molecule is CSc1nnc(CCCNC(=O)c2ccc(F)cc2Cl)n1CC(C)C. The van der Waals surface area contributed by atoms with Gasteiger partial charge >= 0.3 is 0 Å². The molecule has 0 radical (unpaired) electrons. The molecule has 0 aliphatic heterocycles. The molecule has 0 unspecified atom stereocenters. The number of thioether (sulfide) groups is 1. The average molecular weight is 385 g/mol. The molecular weight excluding hydrogens is 363 g/mol. The van der Waals surface area contributed by atoms with E-state index in [4.69, 9.17) is 11.6 Å². The summed E-state index contributed by atoms with van der Waals surface area (Å²) in [6.07, 6.45) is 3.43. The quantitative estimate of drug-likeness (QED) is 0.555. The molecular formula is C17H22ClFN4OS. The van der Waals surface area contributed by atoms with Crippen LogP contribution in [0.3, 0.4) is 0 Å². The summed E-state index contributed by atoms with van der Waals surface area (Å²) in [7, 11) is 0. The van der Waals surface area contributed by atoms with Crippen LogP contribution in [0.4, 0.5) is 4.39 Å². The molecule has 0 aliphatic rings. The van der Waals surface area contributed by atoms with E-state index in [1.54, 1.807) is 11.8 Å². The Kier molecular flexibility index (Phi) is 7.25. The van der Waals surface area contributed by atoms with Crippen LogP contribution in [0.15, 0.2) is 23.4 Å². The molecule has 0 saturated carbocycles. The third-order valence-corrected chi connectivity index (χ3v) is 4.54. The Balaban J connectivity index is 1.89. The molecule has 2 rings (SSSR count). The third-order valence-electron chi connectivity index (χ3n) is 3.56. The predicted molar refractivity (Wildman–Crippen MR) is 98.7 cm³/mol. The van der Waals surface area contributed by atoms with Crippen molar-refractivity contribution < 1.29 is 9.18 Å². The van der Waals surface area contributed by atoms with Crippen LogP contribution in [0, 0.1) is 11.7 Å². The number of halogens is 2. The second kappa shape index (κ2) is 9.20. The van der Waals surface area contributed by atoms with Crippen LogP contribution in [-0.4, -0.2) is 33.5 Å². The molecule has 136 valence electrons. The van der Waals surface area contributed by atoms with Gasteiger partial charge in [0.25, 0.3) is 5.91 Å². The van der Waals surface area contributed by atoms with Gasteiger partial charge < -0.3 is 9.88 Å². The smallest absolute Gasteiger partial charge is 0.252 e. The lowest BCUT2D eigenvalue weighted by atomic mass is 10.2. The second-order valence-electron chi connectivity index (χ2n) is 6.09. The van der Waals surface area contributed by atoms with Crippen LogP contribution in [0.5, 0.6) is 0 Å². The van der Waals surface area contributed by atoms with Crippen molar-refractivity contribution in [1.82, 2.24) is 20.1 Å². The molecule has 0 atom stereocenters. The van der Waals surface area contributed by atoms with E-state index in [0.717, 1.165) is 36.4 Å². The number of hydrogen-bond donors (Lipinski definition) is 1. The van der Waals surface area contributed by atoms with Crippen molar-refractivity contribution in [3.63, 3.8) is 0 Å². The van der Waals surface area contributed by atoms with E-state index >= 15 is 0 Å². The summed E-state index contributed by atoms with van der Waals surface area (Å²) < 4.78 is 15.2. The minimum atomic E-state index is -0.462. The van der Waals surface area contributed by atoms with E-state index in [-0.39, 0.29) is 16.5 Å². The summed E-state index contributed by atoms with van der Waals surface area (Å²) in [5.41, 5.74) is 0.274. The number of nitrogens with zero attached hydrogens (tertiary/aromatic N) is 3. The molecule has 1 heterocycles. The van der Waals surface area contributed by atoms with Gasteiger partial charge in [-0.3, -0.25) is 4.79 Å². The molecule has 0 aliphatic carbocycles. The Morgan fingerprint density at radius 1 is 1.40 bits per heavy atom. The molecule has 5 nitrogen and oxygen atoms in total. The summed E-state index contributed by atoms with van der Waals surface area (Å²) in [6.45, 7) is 5.66. The summed E-state index contributed by atoms with van der Waals surface area (Å²) in [5.74, 6) is 0.655. The molecule has 2 aromatic rings. The zero-order valence-electron chi connectivity index (χ0n) is 14.6. The Morgan fingerprint density at radius 3 is 2.80 bits per heavy atom. The zero-order chi connectivity index (χ0) is 18.4. The third kappa shape index (κ3) is 5.44. The fourth-order valence-corrected chi connectivity index (χ4v) is 3.20. The van der Waals surface area contributed by atoms with Gasteiger partial charge in [-0.1, -0.05) is 37.2 Å². The molecule has 8 heteroatoms. The molecule has 0 bridgehead atoms. The Labute approximate surface area is 156 Å². The molecule has 0 saturated heterocycles. The molecule has 25 heavy (non-hydrogen) atoms. The largest absolute Gasteiger partial charge is 0.352 e. The van der Waals surface area contributed by atoms with E-state index in [9.17, 15) is 9.18 Å². The van der Waals surface area contributed by atoms with Crippen molar-refractivity contribution in [3.8, 4) is 0 Å². The highest BCUT2D eigenvalue weighted by Gasteiger charge is 2.13. The van der Waals surface area contributed by atoms with Crippen LogP contribution < -0.4 is 5.32 Å². The van der Waals surface area contributed by atoms with Gasteiger partial charge in [-0.25, -0.2) is 4.39 Å². The van der Waals surface area contributed by atoms with Gasteiger partial charge in [-0.2, -0.15) is 0 Å². The first-order chi connectivity index (χ1) is 11.9. The molecule has 0 fully saturated rings. The van der Waals surface area contributed by atoms with Crippen LogP contribution >= 0.6 is 23.4 Å². The van der Waals surface area contributed by atoms with Gasteiger partial charge in [0.2, 0.25) is 0 Å². The van der Waals surface area contributed by atoms with Crippen molar-refractivity contribution in [2.24, 2.45) is 5.92 Å². The van der Waals surface area contributed by atoms with E-state index in [1.807, 2.05) is 6.26 Å². The first-order valence-electron chi connectivity index (χ1n) is 8.11. The minimum absolute atomic E-state index is 0.110. The summed E-state index contributed by atoms with van der Waals surface area (Å²) in [5, 5.41) is 12.3. The fraction of sp³-hybridized carbons (Fsp3) is 0.471.